The van der Waals surface area contributed by atoms with Crippen LogP contribution in [0.25, 0.3) is 0 Å². The molecule has 98 valence electrons. The topological polar surface area (TPSA) is 58.4 Å². The molecular formula is C13H25N3O. The number of carbonyl (C=O) groups excluding carboxylic acids is 1. The van der Waals surface area contributed by atoms with Crippen LogP contribution in [-0.4, -0.2) is 44.0 Å². The van der Waals surface area contributed by atoms with Crippen LogP contribution in [0.3, 0.4) is 0 Å². The van der Waals surface area contributed by atoms with Crippen LogP contribution < -0.4 is 11.1 Å². The van der Waals surface area contributed by atoms with Gasteiger partial charge < -0.3 is 16.0 Å². The van der Waals surface area contributed by atoms with E-state index in [1.807, 2.05) is 0 Å². The summed E-state index contributed by atoms with van der Waals surface area (Å²) in [5, 5.41) is 3.12. The summed E-state index contributed by atoms with van der Waals surface area (Å²) in [5.41, 5.74) is 5.73. The van der Waals surface area contributed by atoms with Crippen LogP contribution >= 0.6 is 0 Å². The third-order valence-electron chi connectivity index (χ3n) is 4.60. The van der Waals surface area contributed by atoms with Crippen LogP contribution in [0.4, 0.5) is 0 Å². The third kappa shape index (κ3) is 2.80. The molecular weight excluding hydrogens is 214 g/mol. The molecule has 1 amide bonds. The van der Waals surface area contributed by atoms with Crippen molar-refractivity contribution in [3.8, 4) is 0 Å². The SMILES string of the molecule is CN1CCC(C)(CNC(=O)C2(CN)CC2)CC1. The zero-order valence-corrected chi connectivity index (χ0v) is 11.1. The molecule has 0 aromatic rings. The minimum atomic E-state index is -0.207. The molecule has 1 saturated heterocycles. The molecule has 0 unspecified atom stereocenters. The lowest BCUT2D eigenvalue weighted by Gasteiger charge is -2.38. The van der Waals surface area contributed by atoms with Gasteiger partial charge in [-0.05, 0) is 51.2 Å². The second kappa shape index (κ2) is 4.58. The molecule has 0 radical (unpaired) electrons. The molecule has 3 N–H and O–H groups in total. The fraction of sp³-hybridized carbons (Fsp3) is 0.923. The highest BCUT2D eigenvalue weighted by Gasteiger charge is 2.48. The second-order valence-corrected chi connectivity index (χ2v) is 6.28. The first kappa shape index (κ1) is 12.8. The molecule has 0 aromatic heterocycles. The molecule has 4 nitrogen and oxygen atoms in total. The molecule has 1 saturated carbocycles. The summed E-state index contributed by atoms with van der Waals surface area (Å²) >= 11 is 0. The number of nitrogens with one attached hydrogen (secondary N) is 1. The monoisotopic (exact) mass is 239 g/mol. The van der Waals surface area contributed by atoms with E-state index in [-0.39, 0.29) is 16.7 Å². The maximum absolute atomic E-state index is 12.0. The molecule has 1 aliphatic carbocycles. The van der Waals surface area contributed by atoms with E-state index in [4.69, 9.17) is 5.73 Å². The number of piperidine rings is 1. The number of amides is 1. The average molecular weight is 239 g/mol. The average Bonchev–Trinajstić information content (AvgIpc) is 3.12. The molecule has 0 aromatic carbocycles. The molecule has 0 spiro atoms. The zero-order chi connectivity index (χ0) is 12.5. The number of rotatable bonds is 4. The lowest BCUT2D eigenvalue weighted by atomic mass is 9.80. The Bertz CT molecular complexity index is 291. The van der Waals surface area contributed by atoms with Gasteiger partial charge in [0.05, 0.1) is 5.41 Å². The predicted octanol–water partition coefficient (Wildman–Crippen LogP) is 0.573. The Kier molecular flexibility index (Phi) is 3.46. The third-order valence-corrected chi connectivity index (χ3v) is 4.60. The van der Waals surface area contributed by atoms with Gasteiger partial charge in [-0.1, -0.05) is 6.92 Å². The van der Waals surface area contributed by atoms with E-state index in [1.165, 1.54) is 12.8 Å². The van der Waals surface area contributed by atoms with Gasteiger partial charge in [-0.25, -0.2) is 0 Å². The van der Waals surface area contributed by atoms with E-state index in [0.29, 0.717) is 6.54 Å². The van der Waals surface area contributed by atoms with Gasteiger partial charge in [0.1, 0.15) is 0 Å². The minimum Gasteiger partial charge on any atom is -0.355 e. The molecule has 1 aliphatic heterocycles. The molecule has 4 heteroatoms. The van der Waals surface area contributed by atoms with Crippen LogP contribution in [0, 0.1) is 10.8 Å². The fourth-order valence-electron chi connectivity index (χ4n) is 2.49. The fourth-order valence-corrected chi connectivity index (χ4v) is 2.49. The lowest BCUT2D eigenvalue weighted by molar-refractivity contribution is -0.126. The van der Waals surface area contributed by atoms with Gasteiger partial charge in [0.25, 0.3) is 0 Å². The maximum atomic E-state index is 12.0. The first-order valence-corrected chi connectivity index (χ1v) is 6.67. The summed E-state index contributed by atoms with van der Waals surface area (Å²) in [6.45, 7) is 5.85. The van der Waals surface area contributed by atoms with Crippen molar-refractivity contribution in [2.24, 2.45) is 16.6 Å². The lowest BCUT2D eigenvalue weighted by Crippen LogP contribution is -2.46. The van der Waals surface area contributed by atoms with Gasteiger partial charge in [-0.3, -0.25) is 4.79 Å². The largest absolute Gasteiger partial charge is 0.355 e. The van der Waals surface area contributed by atoms with Crippen LogP contribution in [0.5, 0.6) is 0 Å². The Morgan fingerprint density at radius 2 is 1.88 bits per heavy atom. The standard InChI is InChI=1S/C13H25N3O/c1-12(5-7-16(2)8-6-12)10-15-11(17)13(9-14)3-4-13/h3-10,14H2,1-2H3,(H,15,17). The van der Waals surface area contributed by atoms with Gasteiger partial charge in [-0.2, -0.15) is 0 Å². The van der Waals surface area contributed by atoms with Crippen molar-refractivity contribution in [2.45, 2.75) is 32.6 Å². The molecule has 2 fully saturated rings. The summed E-state index contributed by atoms with van der Waals surface area (Å²) in [4.78, 5) is 14.4. The Hall–Kier alpha value is -0.610. The van der Waals surface area contributed by atoms with Crippen molar-refractivity contribution in [3.05, 3.63) is 0 Å². The Labute approximate surface area is 104 Å². The van der Waals surface area contributed by atoms with E-state index >= 15 is 0 Å². The number of nitrogens with zero attached hydrogens (tertiary/aromatic N) is 1. The highest BCUT2D eigenvalue weighted by molar-refractivity contribution is 5.85. The summed E-state index contributed by atoms with van der Waals surface area (Å²) in [7, 11) is 2.16. The quantitative estimate of drug-likeness (QED) is 0.754. The zero-order valence-electron chi connectivity index (χ0n) is 11.1. The smallest absolute Gasteiger partial charge is 0.227 e. The first-order chi connectivity index (χ1) is 8.00. The maximum Gasteiger partial charge on any atom is 0.227 e. The van der Waals surface area contributed by atoms with Crippen LogP contribution in [0.2, 0.25) is 0 Å². The Balaban J connectivity index is 1.80. The van der Waals surface area contributed by atoms with Crippen LogP contribution in [-0.2, 0) is 4.79 Å². The number of hydrogen-bond acceptors (Lipinski definition) is 3. The van der Waals surface area contributed by atoms with Crippen molar-refractivity contribution in [1.82, 2.24) is 10.2 Å². The van der Waals surface area contributed by atoms with Crippen molar-refractivity contribution < 1.29 is 4.79 Å². The number of likely N-dealkylation sites (tertiary alicyclic amines) is 1. The van der Waals surface area contributed by atoms with E-state index in [1.54, 1.807) is 0 Å². The van der Waals surface area contributed by atoms with Gasteiger partial charge in [0.15, 0.2) is 0 Å². The van der Waals surface area contributed by atoms with Gasteiger partial charge >= 0.3 is 0 Å². The predicted molar refractivity (Wildman–Crippen MR) is 68.6 cm³/mol. The van der Waals surface area contributed by atoms with Crippen molar-refractivity contribution >= 4 is 5.91 Å². The van der Waals surface area contributed by atoms with E-state index < -0.39 is 0 Å². The minimum absolute atomic E-state index is 0.181. The first-order valence-electron chi connectivity index (χ1n) is 6.67. The molecule has 0 atom stereocenters. The van der Waals surface area contributed by atoms with Gasteiger partial charge in [0.2, 0.25) is 5.91 Å². The summed E-state index contributed by atoms with van der Waals surface area (Å²) < 4.78 is 0. The molecule has 2 rings (SSSR count). The number of carbonyl (C=O) groups is 1. The van der Waals surface area contributed by atoms with Crippen LogP contribution in [0.1, 0.15) is 32.6 Å². The van der Waals surface area contributed by atoms with Crippen molar-refractivity contribution in [2.75, 3.05) is 33.2 Å². The molecule has 2 aliphatic rings. The van der Waals surface area contributed by atoms with E-state index in [9.17, 15) is 4.79 Å². The van der Waals surface area contributed by atoms with E-state index in [0.717, 1.165) is 32.5 Å². The highest BCUT2D eigenvalue weighted by atomic mass is 16.2. The summed E-state index contributed by atoms with van der Waals surface area (Å²) in [6, 6.07) is 0. The highest BCUT2D eigenvalue weighted by Crippen LogP contribution is 2.44. The summed E-state index contributed by atoms with van der Waals surface area (Å²) in [5.74, 6) is 0.181. The summed E-state index contributed by atoms with van der Waals surface area (Å²) in [6.07, 6.45) is 4.27. The van der Waals surface area contributed by atoms with Crippen molar-refractivity contribution in [3.63, 3.8) is 0 Å². The van der Waals surface area contributed by atoms with Gasteiger partial charge in [0, 0.05) is 13.1 Å². The van der Waals surface area contributed by atoms with Crippen molar-refractivity contribution in [1.29, 1.82) is 0 Å². The van der Waals surface area contributed by atoms with Crippen LogP contribution in [0.15, 0.2) is 0 Å². The molecule has 1 heterocycles. The Morgan fingerprint density at radius 1 is 1.29 bits per heavy atom. The van der Waals surface area contributed by atoms with E-state index in [2.05, 4.69) is 24.2 Å². The normalized spacial score (nSPS) is 26.5. The molecule has 0 bridgehead atoms. The van der Waals surface area contributed by atoms with Gasteiger partial charge in [-0.15, -0.1) is 0 Å². The number of nitrogens with two attached hydrogens (primary N) is 1. The number of hydrogen-bond donors (Lipinski definition) is 2. The Morgan fingerprint density at radius 3 is 2.35 bits per heavy atom. The molecule has 17 heavy (non-hydrogen) atoms. The second-order valence-electron chi connectivity index (χ2n) is 6.28.